The topological polar surface area (TPSA) is 69.5 Å². The molecule has 122 valence electrons. The molecule has 1 amide bonds. The Balaban J connectivity index is 1.52. The molecule has 0 aromatic carbocycles. The predicted molar refractivity (Wildman–Crippen MR) is 85.9 cm³/mol. The summed E-state index contributed by atoms with van der Waals surface area (Å²) < 4.78 is 5.29. The van der Waals surface area contributed by atoms with Gasteiger partial charge < -0.3 is 14.5 Å². The third kappa shape index (κ3) is 3.80. The van der Waals surface area contributed by atoms with E-state index < -0.39 is 0 Å². The second-order valence-corrected chi connectivity index (χ2v) is 6.11. The molecule has 3 rings (SSSR count). The quantitative estimate of drug-likeness (QED) is 0.844. The van der Waals surface area contributed by atoms with E-state index >= 15 is 0 Å². The molecule has 0 atom stereocenters. The fraction of sp³-hybridized carbons (Fsp3) is 0.588. The third-order valence-electron chi connectivity index (χ3n) is 4.67. The molecule has 2 aliphatic rings. The first kappa shape index (κ1) is 15.8. The lowest BCUT2D eigenvalue weighted by Gasteiger charge is -2.35. The van der Waals surface area contributed by atoms with Crippen LogP contribution in [0.3, 0.4) is 0 Å². The fourth-order valence-corrected chi connectivity index (χ4v) is 3.30. The van der Waals surface area contributed by atoms with E-state index in [0.717, 1.165) is 44.7 Å². The summed E-state index contributed by atoms with van der Waals surface area (Å²) in [6.45, 7) is 4.50. The SMILES string of the molecule is N#Cc1ncccc1N1CCC(CC(=O)N2CCOCC2)CC1. The Bertz CT molecular complexity index is 585. The average molecular weight is 314 g/mol. The molecule has 0 aliphatic carbocycles. The molecule has 0 unspecified atom stereocenters. The van der Waals surface area contributed by atoms with E-state index in [-0.39, 0.29) is 5.91 Å². The first-order valence-electron chi connectivity index (χ1n) is 8.23. The van der Waals surface area contributed by atoms with Crippen LogP contribution in [0.1, 0.15) is 25.0 Å². The number of carbonyl (C=O) groups excluding carboxylic acids is 1. The maximum absolute atomic E-state index is 12.3. The van der Waals surface area contributed by atoms with Crippen LogP contribution in [0.4, 0.5) is 5.69 Å². The smallest absolute Gasteiger partial charge is 0.223 e. The minimum absolute atomic E-state index is 0.255. The molecule has 0 N–H and O–H groups in total. The van der Waals surface area contributed by atoms with Crippen molar-refractivity contribution in [3.8, 4) is 6.07 Å². The van der Waals surface area contributed by atoms with Crippen LogP contribution in [-0.2, 0) is 9.53 Å². The van der Waals surface area contributed by atoms with Gasteiger partial charge in [0.15, 0.2) is 5.69 Å². The van der Waals surface area contributed by atoms with E-state index in [1.165, 1.54) is 0 Å². The number of nitrogens with zero attached hydrogens (tertiary/aromatic N) is 4. The summed E-state index contributed by atoms with van der Waals surface area (Å²) in [6, 6.07) is 5.97. The number of anilines is 1. The summed E-state index contributed by atoms with van der Waals surface area (Å²) in [6.07, 6.45) is 4.24. The standard InChI is InChI=1S/C17H22N4O2/c18-13-15-16(2-1-5-19-15)20-6-3-14(4-7-20)12-17(22)21-8-10-23-11-9-21/h1-2,5,14H,3-4,6-12H2. The molecule has 1 aromatic heterocycles. The number of amides is 1. The summed E-state index contributed by atoms with van der Waals surface area (Å²) in [4.78, 5) is 20.6. The first-order chi connectivity index (χ1) is 11.3. The number of morpholine rings is 1. The van der Waals surface area contributed by atoms with Crippen LogP contribution < -0.4 is 4.90 Å². The largest absolute Gasteiger partial charge is 0.378 e. The van der Waals surface area contributed by atoms with Crippen molar-refractivity contribution in [2.45, 2.75) is 19.3 Å². The van der Waals surface area contributed by atoms with Crippen LogP contribution in [0.5, 0.6) is 0 Å². The van der Waals surface area contributed by atoms with Crippen molar-refractivity contribution in [1.29, 1.82) is 5.26 Å². The Kier molecular flexibility index (Phi) is 5.09. The second-order valence-electron chi connectivity index (χ2n) is 6.11. The molecular formula is C17H22N4O2. The molecule has 3 heterocycles. The highest BCUT2D eigenvalue weighted by molar-refractivity contribution is 5.76. The van der Waals surface area contributed by atoms with Crippen LogP contribution >= 0.6 is 0 Å². The number of piperidine rings is 1. The number of carbonyl (C=O) groups is 1. The van der Waals surface area contributed by atoms with E-state index in [9.17, 15) is 4.79 Å². The molecule has 23 heavy (non-hydrogen) atoms. The number of nitriles is 1. The lowest BCUT2D eigenvalue weighted by molar-refractivity contribution is -0.136. The van der Waals surface area contributed by atoms with Gasteiger partial charge in [0.05, 0.1) is 18.9 Å². The Morgan fingerprint density at radius 1 is 1.30 bits per heavy atom. The number of hydrogen-bond donors (Lipinski definition) is 0. The first-order valence-corrected chi connectivity index (χ1v) is 8.23. The highest BCUT2D eigenvalue weighted by Gasteiger charge is 2.25. The molecule has 0 bridgehead atoms. The summed E-state index contributed by atoms with van der Waals surface area (Å²) in [5, 5.41) is 9.16. The maximum Gasteiger partial charge on any atom is 0.223 e. The van der Waals surface area contributed by atoms with Crippen molar-refractivity contribution in [3.05, 3.63) is 24.0 Å². The lowest BCUT2D eigenvalue weighted by atomic mass is 9.92. The second kappa shape index (κ2) is 7.42. The predicted octanol–water partition coefficient (Wildman–Crippen LogP) is 1.42. The molecule has 2 saturated heterocycles. The molecule has 0 radical (unpaired) electrons. The van der Waals surface area contributed by atoms with Crippen molar-refractivity contribution < 1.29 is 9.53 Å². The molecule has 0 spiro atoms. The summed E-state index contributed by atoms with van der Waals surface area (Å²) in [5.74, 6) is 0.689. The Hall–Kier alpha value is -2.13. The number of ether oxygens (including phenoxy) is 1. The van der Waals surface area contributed by atoms with Crippen LogP contribution in [0.15, 0.2) is 18.3 Å². The minimum Gasteiger partial charge on any atom is -0.378 e. The van der Waals surface area contributed by atoms with Gasteiger partial charge >= 0.3 is 0 Å². The van der Waals surface area contributed by atoms with Crippen LogP contribution in [0, 0.1) is 17.2 Å². The molecule has 2 fully saturated rings. The Labute approximate surface area is 136 Å². The van der Waals surface area contributed by atoms with Crippen LogP contribution in [0.2, 0.25) is 0 Å². The van der Waals surface area contributed by atoms with Gasteiger partial charge in [-0.05, 0) is 30.9 Å². The number of rotatable bonds is 3. The zero-order chi connectivity index (χ0) is 16.1. The van der Waals surface area contributed by atoms with Gasteiger partial charge in [-0.1, -0.05) is 0 Å². The normalized spacial score (nSPS) is 19.4. The van der Waals surface area contributed by atoms with Crippen LogP contribution in [-0.4, -0.2) is 55.2 Å². The van der Waals surface area contributed by atoms with E-state index in [4.69, 9.17) is 10.00 Å². The van der Waals surface area contributed by atoms with Crippen molar-refractivity contribution in [2.75, 3.05) is 44.3 Å². The summed E-state index contributed by atoms with van der Waals surface area (Å²) in [5.41, 5.74) is 1.39. The van der Waals surface area contributed by atoms with Gasteiger partial charge in [-0.2, -0.15) is 5.26 Å². The maximum atomic E-state index is 12.3. The van der Waals surface area contributed by atoms with Gasteiger partial charge in [0.25, 0.3) is 0 Å². The Morgan fingerprint density at radius 3 is 2.74 bits per heavy atom. The van der Waals surface area contributed by atoms with E-state index in [1.807, 2.05) is 17.0 Å². The van der Waals surface area contributed by atoms with Gasteiger partial charge in [-0.25, -0.2) is 4.98 Å². The number of hydrogen-bond acceptors (Lipinski definition) is 5. The van der Waals surface area contributed by atoms with Crippen molar-refractivity contribution >= 4 is 11.6 Å². The zero-order valence-corrected chi connectivity index (χ0v) is 13.3. The summed E-state index contributed by atoms with van der Waals surface area (Å²) >= 11 is 0. The molecular weight excluding hydrogens is 292 g/mol. The van der Waals surface area contributed by atoms with E-state index in [1.54, 1.807) is 6.20 Å². The highest BCUT2D eigenvalue weighted by atomic mass is 16.5. The lowest BCUT2D eigenvalue weighted by Crippen LogP contribution is -2.42. The van der Waals surface area contributed by atoms with E-state index in [0.29, 0.717) is 31.2 Å². The zero-order valence-electron chi connectivity index (χ0n) is 13.3. The van der Waals surface area contributed by atoms with Crippen LogP contribution in [0.25, 0.3) is 0 Å². The third-order valence-corrected chi connectivity index (χ3v) is 4.67. The van der Waals surface area contributed by atoms with E-state index in [2.05, 4.69) is 16.0 Å². The molecule has 1 aromatic rings. The highest BCUT2D eigenvalue weighted by Crippen LogP contribution is 2.27. The van der Waals surface area contributed by atoms with Crippen molar-refractivity contribution in [1.82, 2.24) is 9.88 Å². The average Bonchev–Trinajstić information content (AvgIpc) is 2.63. The molecule has 6 heteroatoms. The monoisotopic (exact) mass is 314 g/mol. The number of pyridine rings is 1. The fourth-order valence-electron chi connectivity index (χ4n) is 3.30. The summed E-state index contributed by atoms with van der Waals surface area (Å²) in [7, 11) is 0. The molecule has 0 saturated carbocycles. The minimum atomic E-state index is 0.255. The molecule has 6 nitrogen and oxygen atoms in total. The molecule has 2 aliphatic heterocycles. The van der Waals surface area contributed by atoms with Gasteiger partial charge in [0.2, 0.25) is 5.91 Å². The van der Waals surface area contributed by atoms with Gasteiger partial charge in [-0.15, -0.1) is 0 Å². The van der Waals surface area contributed by atoms with Gasteiger partial charge in [0.1, 0.15) is 6.07 Å². The van der Waals surface area contributed by atoms with Crippen molar-refractivity contribution in [3.63, 3.8) is 0 Å². The van der Waals surface area contributed by atoms with Gasteiger partial charge in [0, 0.05) is 38.8 Å². The van der Waals surface area contributed by atoms with Gasteiger partial charge in [-0.3, -0.25) is 4.79 Å². The van der Waals surface area contributed by atoms with Crippen molar-refractivity contribution in [2.24, 2.45) is 5.92 Å². The number of aromatic nitrogens is 1. The Morgan fingerprint density at radius 2 is 2.04 bits per heavy atom.